The lowest BCUT2D eigenvalue weighted by atomic mass is 10.2. The van der Waals surface area contributed by atoms with Gasteiger partial charge in [-0.15, -0.1) is 0 Å². The molecule has 0 aliphatic heterocycles. The fourth-order valence-corrected chi connectivity index (χ4v) is 3.97. The third kappa shape index (κ3) is 4.14. The number of alkyl halides is 3. The van der Waals surface area contributed by atoms with Crippen LogP contribution in [-0.4, -0.2) is 47.1 Å². The van der Waals surface area contributed by atoms with Gasteiger partial charge < -0.3 is 9.72 Å². The number of carbonyl (C=O) groups excluding carboxylic acids is 1. The molecule has 0 radical (unpaired) electrons. The Balaban J connectivity index is 1.56. The van der Waals surface area contributed by atoms with E-state index in [4.69, 9.17) is 0 Å². The number of amides is 1. The number of rotatable bonds is 5. The third-order valence-electron chi connectivity index (χ3n) is 5.53. The van der Waals surface area contributed by atoms with Gasteiger partial charge >= 0.3 is 11.9 Å². The van der Waals surface area contributed by atoms with Gasteiger partial charge in [-0.2, -0.15) is 13.2 Å². The molecule has 0 aliphatic rings. The molecule has 0 saturated heterocycles. The van der Waals surface area contributed by atoms with Crippen molar-refractivity contribution in [2.24, 2.45) is 0 Å². The zero-order valence-electron chi connectivity index (χ0n) is 18.3. The second-order valence-electron chi connectivity index (χ2n) is 7.91. The van der Waals surface area contributed by atoms with Crippen LogP contribution in [0.4, 0.5) is 13.2 Å². The number of carbonyl (C=O) groups is 1. The SMILES string of the molecule is Cc1cccc2c1n(-c1ccc(-c3nccn4cncc34)cn1)c(=O)n2CC(=O)NCC(F)(F)F. The normalized spacial score (nSPS) is 11.9. The first-order valence-electron chi connectivity index (χ1n) is 10.5. The topological polar surface area (TPSA) is 99.1 Å². The maximum absolute atomic E-state index is 13.3. The van der Waals surface area contributed by atoms with Crippen LogP contribution in [-0.2, 0) is 11.3 Å². The standard InChI is InChI=1S/C23H18F3N7O2/c1-14-3-2-4-16-21(14)33(22(35)32(16)11-19(34)30-12-23(24,25)26)18-6-5-15(9-29-18)20-17-10-27-13-31(17)8-7-28-20/h2-10,13H,11-12H2,1H3,(H,30,34). The molecule has 35 heavy (non-hydrogen) atoms. The van der Waals surface area contributed by atoms with Crippen LogP contribution in [0.2, 0.25) is 0 Å². The van der Waals surface area contributed by atoms with Crippen molar-refractivity contribution < 1.29 is 18.0 Å². The molecule has 1 aromatic carbocycles. The number of para-hydroxylation sites is 1. The molecular formula is C23H18F3N7O2. The number of nitrogens with zero attached hydrogens (tertiary/aromatic N) is 6. The number of pyridine rings is 1. The average Bonchev–Trinajstić information content (AvgIpc) is 3.41. The number of imidazole rings is 2. The van der Waals surface area contributed by atoms with E-state index in [1.807, 2.05) is 4.40 Å². The van der Waals surface area contributed by atoms with Gasteiger partial charge in [-0.1, -0.05) is 12.1 Å². The molecule has 9 nitrogen and oxygen atoms in total. The summed E-state index contributed by atoms with van der Waals surface area (Å²) >= 11 is 0. The van der Waals surface area contributed by atoms with E-state index in [2.05, 4.69) is 15.0 Å². The number of aromatic nitrogens is 6. The summed E-state index contributed by atoms with van der Waals surface area (Å²) in [7, 11) is 0. The molecule has 178 valence electrons. The Morgan fingerprint density at radius 3 is 2.66 bits per heavy atom. The minimum atomic E-state index is -4.55. The van der Waals surface area contributed by atoms with Gasteiger partial charge in [0.05, 0.1) is 34.8 Å². The van der Waals surface area contributed by atoms with Gasteiger partial charge in [0.1, 0.15) is 18.9 Å². The number of fused-ring (bicyclic) bond motifs is 2. The molecule has 0 spiro atoms. The molecule has 0 saturated carbocycles. The highest BCUT2D eigenvalue weighted by atomic mass is 19.4. The molecule has 0 fully saturated rings. The Labute approximate surface area is 195 Å². The van der Waals surface area contributed by atoms with Crippen molar-refractivity contribution in [1.82, 2.24) is 33.8 Å². The Kier molecular flexibility index (Phi) is 5.35. The summed E-state index contributed by atoms with van der Waals surface area (Å²) in [5.41, 5.74) is 3.23. The lowest BCUT2D eigenvalue weighted by molar-refractivity contribution is -0.138. The maximum atomic E-state index is 13.3. The second-order valence-corrected chi connectivity index (χ2v) is 7.91. The largest absolute Gasteiger partial charge is 0.405 e. The van der Waals surface area contributed by atoms with Crippen LogP contribution < -0.4 is 11.0 Å². The van der Waals surface area contributed by atoms with Crippen LogP contribution in [0.3, 0.4) is 0 Å². The van der Waals surface area contributed by atoms with Crippen LogP contribution in [0.5, 0.6) is 0 Å². The molecule has 5 aromatic rings. The van der Waals surface area contributed by atoms with Crippen molar-refractivity contribution >= 4 is 22.5 Å². The Bertz CT molecular complexity index is 1610. The molecule has 5 rings (SSSR count). The Hall–Kier alpha value is -4.48. The Morgan fingerprint density at radius 1 is 1.09 bits per heavy atom. The summed E-state index contributed by atoms with van der Waals surface area (Å²) in [6.45, 7) is -0.239. The summed E-state index contributed by atoms with van der Waals surface area (Å²) in [6.07, 6.45) is 3.78. The van der Waals surface area contributed by atoms with E-state index in [9.17, 15) is 22.8 Å². The lowest BCUT2D eigenvalue weighted by Gasteiger charge is -2.08. The lowest BCUT2D eigenvalue weighted by Crippen LogP contribution is -2.38. The number of nitrogens with one attached hydrogen (secondary N) is 1. The van der Waals surface area contributed by atoms with Crippen molar-refractivity contribution in [3.63, 3.8) is 0 Å². The van der Waals surface area contributed by atoms with Crippen molar-refractivity contribution in [2.75, 3.05) is 6.54 Å². The predicted molar refractivity (Wildman–Crippen MR) is 121 cm³/mol. The fourth-order valence-electron chi connectivity index (χ4n) is 3.97. The third-order valence-corrected chi connectivity index (χ3v) is 5.53. The number of aryl methyl sites for hydroxylation is 1. The van der Waals surface area contributed by atoms with E-state index in [-0.39, 0.29) is 0 Å². The monoisotopic (exact) mass is 481 g/mol. The predicted octanol–water partition coefficient (Wildman–Crippen LogP) is 2.88. The molecular weight excluding hydrogens is 463 g/mol. The van der Waals surface area contributed by atoms with E-state index in [0.29, 0.717) is 28.1 Å². The zero-order valence-corrected chi connectivity index (χ0v) is 18.3. The number of halogens is 3. The van der Waals surface area contributed by atoms with E-state index >= 15 is 0 Å². The number of benzene rings is 1. The van der Waals surface area contributed by atoms with E-state index < -0.39 is 30.9 Å². The van der Waals surface area contributed by atoms with E-state index in [1.165, 1.54) is 4.57 Å². The molecule has 0 unspecified atom stereocenters. The molecule has 1 N–H and O–H groups in total. The van der Waals surface area contributed by atoms with Crippen LogP contribution in [0, 0.1) is 6.92 Å². The summed E-state index contributed by atoms with van der Waals surface area (Å²) < 4.78 is 41.8. The second kappa shape index (κ2) is 8.38. The van der Waals surface area contributed by atoms with Gasteiger partial charge in [-0.3, -0.25) is 14.3 Å². The highest BCUT2D eigenvalue weighted by Gasteiger charge is 2.28. The first-order valence-corrected chi connectivity index (χ1v) is 10.5. The maximum Gasteiger partial charge on any atom is 0.405 e. The smallest absolute Gasteiger partial charge is 0.345 e. The van der Waals surface area contributed by atoms with Gasteiger partial charge in [0.15, 0.2) is 0 Å². The van der Waals surface area contributed by atoms with Gasteiger partial charge in [-0.25, -0.2) is 19.3 Å². The number of hydrogen-bond acceptors (Lipinski definition) is 5. The zero-order chi connectivity index (χ0) is 24.7. The van der Waals surface area contributed by atoms with E-state index in [1.54, 1.807) is 73.7 Å². The first kappa shape index (κ1) is 22.3. The highest BCUT2D eigenvalue weighted by molar-refractivity contribution is 5.84. The van der Waals surface area contributed by atoms with E-state index in [0.717, 1.165) is 15.6 Å². The molecule has 1 amide bonds. The summed E-state index contributed by atoms with van der Waals surface area (Å²) in [4.78, 5) is 38.5. The van der Waals surface area contributed by atoms with Crippen LogP contribution >= 0.6 is 0 Å². The molecule has 0 atom stereocenters. The molecule has 12 heteroatoms. The van der Waals surface area contributed by atoms with Crippen LogP contribution in [0.1, 0.15) is 5.56 Å². The molecule has 4 aromatic heterocycles. The minimum Gasteiger partial charge on any atom is -0.345 e. The molecule has 4 heterocycles. The average molecular weight is 481 g/mol. The van der Waals surface area contributed by atoms with Gasteiger partial charge in [0.2, 0.25) is 5.91 Å². The first-order chi connectivity index (χ1) is 16.7. The molecule has 0 bridgehead atoms. The fraction of sp³-hybridized carbons (Fsp3) is 0.174. The van der Waals surface area contributed by atoms with Gasteiger partial charge in [0, 0.05) is 24.2 Å². The van der Waals surface area contributed by atoms with Crippen molar-refractivity contribution in [3.8, 4) is 17.1 Å². The Morgan fingerprint density at radius 2 is 1.91 bits per heavy atom. The van der Waals surface area contributed by atoms with Gasteiger partial charge in [-0.05, 0) is 30.7 Å². The van der Waals surface area contributed by atoms with Crippen LogP contribution in [0.15, 0.2) is 66.2 Å². The summed E-state index contributed by atoms with van der Waals surface area (Å²) in [5, 5.41) is 1.80. The van der Waals surface area contributed by atoms with Crippen molar-refractivity contribution in [1.29, 1.82) is 0 Å². The minimum absolute atomic E-state index is 0.299. The number of hydrogen-bond donors (Lipinski definition) is 1. The molecule has 0 aliphatic carbocycles. The van der Waals surface area contributed by atoms with Crippen LogP contribution in [0.25, 0.3) is 33.6 Å². The summed E-state index contributed by atoms with van der Waals surface area (Å²) in [5.74, 6) is -0.624. The van der Waals surface area contributed by atoms with Gasteiger partial charge in [0.25, 0.3) is 0 Å². The van der Waals surface area contributed by atoms with Crippen molar-refractivity contribution in [2.45, 2.75) is 19.6 Å². The highest BCUT2D eigenvalue weighted by Crippen LogP contribution is 2.24. The quantitative estimate of drug-likeness (QED) is 0.416. The summed E-state index contributed by atoms with van der Waals surface area (Å²) in [6, 6.07) is 8.56. The van der Waals surface area contributed by atoms with Crippen molar-refractivity contribution in [3.05, 3.63) is 77.5 Å².